The zero-order valence-electron chi connectivity index (χ0n) is 15.7. The number of para-hydroxylation sites is 1. The number of ether oxygens (including phenoxy) is 2. The van der Waals surface area contributed by atoms with Gasteiger partial charge in [-0.1, -0.05) is 23.7 Å². The molecule has 9 heteroatoms. The van der Waals surface area contributed by atoms with Gasteiger partial charge in [-0.25, -0.2) is 0 Å². The van der Waals surface area contributed by atoms with Gasteiger partial charge in [-0.3, -0.25) is 13.8 Å². The van der Waals surface area contributed by atoms with E-state index in [4.69, 9.17) is 21.1 Å². The molecule has 0 aliphatic carbocycles. The number of anilines is 1. The standard InChI is InChI=1S/C20H18ClN5O3/c1-25-19(27)12-5-2-3-6-15(12)26-18(23-24-20(25)26)11-22-14-10-17-16(9-13(14)21)28-7-4-8-29-17/h2-3,5-6,9-10,22H,4,7-8,11H2,1H3. The summed E-state index contributed by atoms with van der Waals surface area (Å²) in [6, 6.07) is 11.0. The van der Waals surface area contributed by atoms with Crippen molar-refractivity contribution in [2.45, 2.75) is 13.0 Å². The molecule has 0 bridgehead atoms. The Labute approximate surface area is 170 Å². The summed E-state index contributed by atoms with van der Waals surface area (Å²) in [4.78, 5) is 12.6. The Morgan fingerprint density at radius 3 is 2.72 bits per heavy atom. The molecule has 1 aliphatic heterocycles. The van der Waals surface area contributed by atoms with Gasteiger partial charge in [0, 0.05) is 25.6 Å². The van der Waals surface area contributed by atoms with E-state index in [1.807, 2.05) is 28.7 Å². The first-order valence-electron chi connectivity index (χ1n) is 9.28. The third-order valence-corrected chi connectivity index (χ3v) is 5.28. The van der Waals surface area contributed by atoms with Crippen LogP contribution in [0.15, 0.2) is 41.2 Å². The van der Waals surface area contributed by atoms with Gasteiger partial charge in [0.2, 0.25) is 5.78 Å². The molecule has 29 heavy (non-hydrogen) atoms. The Hall–Kier alpha value is -3.26. The average Bonchev–Trinajstić information content (AvgIpc) is 3.03. The van der Waals surface area contributed by atoms with Crippen LogP contribution in [0.4, 0.5) is 5.69 Å². The van der Waals surface area contributed by atoms with E-state index in [0.717, 1.165) is 11.9 Å². The van der Waals surface area contributed by atoms with Crippen molar-refractivity contribution in [1.82, 2.24) is 19.2 Å². The summed E-state index contributed by atoms with van der Waals surface area (Å²) in [5, 5.41) is 12.9. The zero-order valence-corrected chi connectivity index (χ0v) is 16.4. The minimum Gasteiger partial charge on any atom is -0.490 e. The number of nitrogens with zero attached hydrogens (tertiary/aromatic N) is 4. The molecule has 2 aromatic heterocycles. The van der Waals surface area contributed by atoms with E-state index in [9.17, 15) is 4.79 Å². The van der Waals surface area contributed by atoms with Crippen molar-refractivity contribution < 1.29 is 9.47 Å². The summed E-state index contributed by atoms with van der Waals surface area (Å²) in [5.41, 5.74) is 1.37. The molecular weight excluding hydrogens is 394 g/mol. The first-order valence-corrected chi connectivity index (χ1v) is 9.66. The van der Waals surface area contributed by atoms with Crippen molar-refractivity contribution in [2.75, 3.05) is 18.5 Å². The lowest BCUT2D eigenvalue weighted by atomic mass is 10.2. The fourth-order valence-corrected chi connectivity index (χ4v) is 3.72. The van der Waals surface area contributed by atoms with Crippen LogP contribution in [0.3, 0.4) is 0 Å². The lowest BCUT2D eigenvalue weighted by molar-refractivity contribution is 0.297. The maximum absolute atomic E-state index is 12.6. The second-order valence-electron chi connectivity index (χ2n) is 6.82. The van der Waals surface area contributed by atoms with Crippen molar-refractivity contribution >= 4 is 34.0 Å². The number of benzene rings is 2. The molecule has 2 aromatic carbocycles. The van der Waals surface area contributed by atoms with Crippen molar-refractivity contribution in [3.05, 3.63) is 57.6 Å². The number of hydrogen-bond acceptors (Lipinski definition) is 6. The molecule has 1 N–H and O–H groups in total. The molecule has 1 aliphatic rings. The number of nitrogens with one attached hydrogen (secondary N) is 1. The quantitative estimate of drug-likeness (QED) is 0.558. The zero-order chi connectivity index (χ0) is 20.0. The second-order valence-corrected chi connectivity index (χ2v) is 7.22. The van der Waals surface area contributed by atoms with Crippen LogP contribution < -0.4 is 20.3 Å². The third kappa shape index (κ3) is 2.96. The molecule has 0 atom stereocenters. The molecule has 3 heterocycles. The molecule has 0 spiro atoms. The Balaban J connectivity index is 1.54. The van der Waals surface area contributed by atoms with Crippen LogP contribution >= 0.6 is 11.6 Å². The molecule has 0 unspecified atom stereocenters. The molecule has 0 amide bonds. The first-order chi connectivity index (χ1) is 14.1. The summed E-state index contributed by atoms with van der Waals surface area (Å²) in [5.74, 6) is 2.45. The Bertz CT molecular complexity index is 1300. The Morgan fingerprint density at radius 1 is 1.14 bits per heavy atom. The third-order valence-electron chi connectivity index (χ3n) is 4.97. The number of fused-ring (bicyclic) bond motifs is 4. The fourth-order valence-electron chi connectivity index (χ4n) is 3.50. The summed E-state index contributed by atoms with van der Waals surface area (Å²) in [6.07, 6.45) is 0.826. The largest absolute Gasteiger partial charge is 0.490 e. The maximum atomic E-state index is 12.6. The maximum Gasteiger partial charge on any atom is 0.262 e. The molecule has 4 aromatic rings. The van der Waals surface area contributed by atoms with Crippen LogP contribution in [0.2, 0.25) is 5.02 Å². The number of aromatic nitrogens is 4. The highest BCUT2D eigenvalue weighted by atomic mass is 35.5. The molecule has 0 saturated heterocycles. The van der Waals surface area contributed by atoms with Gasteiger partial charge in [-0.05, 0) is 12.1 Å². The molecular formula is C20H18ClN5O3. The highest BCUT2D eigenvalue weighted by molar-refractivity contribution is 6.33. The van der Waals surface area contributed by atoms with Crippen LogP contribution in [0.5, 0.6) is 11.5 Å². The van der Waals surface area contributed by atoms with Gasteiger partial charge in [0.1, 0.15) is 0 Å². The average molecular weight is 412 g/mol. The topological polar surface area (TPSA) is 82.7 Å². The molecule has 5 rings (SSSR count). The monoisotopic (exact) mass is 411 g/mol. The molecule has 0 radical (unpaired) electrons. The Morgan fingerprint density at radius 2 is 1.90 bits per heavy atom. The Kier molecular flexibility index (Phi) is 4.28. The van der Waals surface area contributed by atoms with Gasteiger partial charge in [-0.2, -0.15) is 0 Å². The molecule has 0 fully saturated rings. The first kappa shape index (κ1) is 17.8. The number of rotatable bonds is 3. The minimum absolute atomic E-state index is 0.106. The van der Waals surface area contributed by atoms with Crippen LogP contribution in [-0.2, 0) is 13.6 Å². The summed E-state index contributed by atoms with van der Waals surface area (Å²) >= 11 is 6.43. The lowest BCUT2D eigenvalue weighted by Gasteiger charge is -2.13. The van der Waals surface area contributed by atoms with Gasteiger partial charge in [0.25, 0.3) is 5.56 Å². The highest BCUT2D eigenvalue weighted by Gasteiger charge is 2.17. The van der Waals surface area contributed by atoms with Crippen molar-refractivity contribution in [1.29, 1.82) is 0 Å². The van der Waals surface area contributed by atoms with Crippen molar-refractivity contribution in [2.24, 2.45) is 7.05 Å². The van der Waals surface area contributed by atoms with Gasteiger partial charge in [-0.15, -0.1) is 10.2 Å². The van der Waals surface area contributed by atoms with Gasteiger partial charge in [0.05, 0.1) is 41.4 Å². The minimum atomic E-state index is -0.106. The highest BCUT2D eigenvalue weighted by Crippen LogP contribution is 2.37. The second kappa shape index (κ2) is 6.97. The van der Waals surface area contributed by atoms with E-state index in [0.29, 0.717) is 59.0 Å². The number of halogens is 1. The van der Waals surface area contributed by atoms with E-state index in [-0.39, 0.29) is 5.56 Å². The number of hydrogen-bond donors (Lipinski definition) is 1. The summed E-state index contributed by atoms with van der Waals surface area (Å²) < 4.78 is 14.8. The summed E-state index contributed by atoms with van der Waals surface area (Å²) in [7, 11) is 1.69. The van der Waals surface area contributed by atoms with E-state index < -0.39 is 0 Å². The van der Waals surface area contributed by atoms with E-state index in [2.05, 4.69) is 15.5 Å². The fraction of sp³-hybridized carbons (Fsp3) is 0.250. The smallest absolute Gasteiger partial charge is 0.262 e. The number of aryl methyl sites for hydroxylation is 1. The van der Waals surface area contributed by atoms with E-state index in [1.165, 1.54) is 4.57 Å². The van der Waals surface area contributed by atoms with Crippen LogP contribution in [0.25, 0.3) is 16.7 Å². The summed E-state index contributed by atoms with van der Waals surface area (Å²) in [6.45, 7) is 1.57. The van der Waals surface area contributed by atoms with Crippen molar-refractivity contribution in [3.63, 3.8) is 0 Å². The van der Waals surface area contributed by atoms with Crippen molar-refractivity contribution in [3.8, 4) is 11.5 Å². The normalized spacial score (nSPS) is 13.6. The molecule has 8 nitrogen and oxygen atoms in total. The van der Waals surface area contributed by atoms with Gasteiger partial charge >= 0.3 is 0 Å². The molecule has 0 saturated carbocycles. The predicted octanol–water partition coefficient (Wildman–Crippen LogP) is 3.01. The molecule has 148 valence electrons. The van der Waals surface area contributed by atoms with E-state index >= 15 is 0 Å². The van der Waals surface area contributed by atoms with Crippen LogP contribution in [-0.4, -0.2) is 32.4 Å². The van der Waals surface area contributed by atoms with Crippen LogP contribution in [0.1, 0.15) is 12.2 Å². The van der Waals surface area contributed by atoms with Gasteiger partial charge in [0.15, 0.2) is 17.3 Å². The lowest BCUT2D eigenvalue weighted by Crippen LogP contribution is -2.20. The predicted molar refractivity (Wildman–Crippen MR) is 110 cm³/mol. The van der Waals surface area contributed by atoms with Gasteiger partial charge < -0.3 is 14.8 Å². The SMILES string of the molecule is Cn1c(=O)c2ccccc2n2c(CNc3cc4c(cc3Cl)OCCCO4)nnc12. The van der Waals surface area contributed by atoms with E-state index in [1.54, 1.807) is 19.2 Å². The van der Waals surface area contributed by atoms with Crippen LogP contribution in [0, 0.1) is 0 Å².